The van der Waals surface area contributed by atoms with E-state index in [0.29, 0.717) is 5.56 Å². The number of aryl methyl sites for hydroxylation is 1. The summed E-state index contributed by atoms with van der Waals surface area (Å²) in [5.41, 5.74) is 1.65. The van der Waals surface area contributed by atoms with Crippen molar-refractivity contribution < 1.29 is 15.0 Å². The molecule has 0 aliphatic carbocycles. The zero-order chi connectivity index (χ0) is 12.4. The lowest BCUT2D eigenvalue weighted by molar-refractivity contribution is 0.103. The highest BCUT2D eigenvalue weighted by molar-refractivity contribution is 6.11. The first-order chi connectivity index (χ1) is 8.09. The van der Waals surface area contributed by atoms with Crippen LogP contribution in [0.5, 0.6) is 11.5 Å². The van der Waals surface area contributed by atoms with Gasteiger partial charge < -0.3 is 10.2 Å². The minimum absolute atomic E-state index is 0.105. The Balaban J connectivity index is 2.44. The zero-order valence-corrected chi connectivity index (χ0v) is 9.34. The van der Waals surface area contributed by atoms with E-state index in [1.807, 2.05) is 19.1 Å². The van der Waals surface area contributed by atoms with Gasteiger partial charge in [-0.15, -0.1) is 0 Å². The van der Waals surface area contributed by atoms with Crippen LogP contribution in [0.1, 0.15) is 21.5 Å². The summed E-state index contributed by atoms with van der Waals surface area (Å²) in [6, 6.07) is 11.4. The molecule has 0 spiro atoms. The molecule has 0 amide bonds. The lowest BCUT2D eigenvalue weighted by atomic mass is 10.0. The van der Waals surface area contributed by atoms with Crippen LogP contribution in [-0.2, 0) is 0 Å². The standard InChI is InChI=1S/C14H12O3/c1-9-5-7-10(8-6-9)13(16)11-3-2-4-12(15)14(11)17/h2-8,15,17H,1H3. The van der Waals surface area contributed by atoms with Crippen LogP contribution in [0.2, 0.25) is 0 Å². The first-order valence-electron chi connectivity index (χ1n) is 5.22. The van der Waals surface area contributed by atoms with Crippen LogP contribution in [0.4, 0.5) is 0 Å². The molecule has 0 saturated carbocycles. The Morgan fingerprint density at radius 1 is 1.00 bits per heavy atom. The van der Waals surface area contributed by atoms with Gasteiger partial charge in [0.05, 0.1) is 5.56 Å². The molecule has 0 heterocycles. The van der Waals surface area contributed by atoms with E-state index < -0.39 is 0 Å². The van der Waals surface area contributed by atoms with Crippen LogP contribution in [0.25, 0.3) is 0 Å². The summed E-state index contributed by atoms with van der Waals surface area (Å²) in [4.78, 5) is 12.1. The highest BCUT2D eigenvalue weighted by Crippen LogP contribution is 2.29. The summed E-state index contributed by atoms with van der Waals surface area (Å²) in [6.45, 7) is 1.93. The third kappa shape index (κ3) is 2.13. The van der Waals surface area contributed by atoms with Gasteiger partial charge in [-0.25, -0.2) is 0 Å². The number of hydrogen-bond donors (Lipinski definition) is 2. The summed E-state index contributed by atoms with van der Waals surface area (Å²) < 4.78 is 0. The smallest absolute Gasteiger partial charge is 0.196 e. The Morgan fingerprint density at radius 3 is 2.29 bits per heavy atom. The van der Waals surface area contributed by atoms with Gasteiger partial charge in [-0.1, -0.05) is 35.9 Å². The fraction of sp³-hybridized carbons (Fsp3) is 0.0714. The first-order valence-corrected chi connectivity index (χ1v) is 5.22. The molecule has 0 aliphatic heterocycles. The van der Waals surface area contributed by atoms with Crippen molar-refractivity contribution >= 4 is 5.78 Å². The van der Waals surface area contributed by atoms with Crippen molar-refractivity contribution in [3.63, 3.8) is 0 Å². The number of phenols is 2. The van der Waals surface area contributed by atoms with Crippen molar-refractivity contribution in [3.8, 4) is 11.5 Å². The molecular formula is C14H12O3. The van der Waals surface area contributed by atoms with E-state index in [0.717, 1.165) is 5.56 Å². The number of hydrogen-bond acceptors (Lipinski definition) is 3. The van der Waals surface area contributed by atoms with Crippen LogP contribution >= 0.6 is 0 Å². The van der Waals surface area contributed by atoms with Gasteiger partial charge >= 0.3 is 0 Å². The maximum Gasteiger partial charge on any atom is 0.196 e. The average molecular weight is 228 g/mol. The number of carbonyl (C=O) groups excluding carboxylic acids is 1. The molecule has 0 radical (unpaired) electrons. The maximum absolute atomic E-state index is 12.1. The number of aromatic hydroxyl groups is 2. The molecule has 0 aliphatic rings. The summed E-state index contributed by atoms with van der Waals surface area (Å²) >= 11 is 0. The lowest BCUT2D eigenvalue weighted by Gasteiger charge is -2.05. The third-order valence-electron chi connectivity index (χ3n) is 2.57. The summed E-state index contributed by atoms with van der Waals surface area (Å²) in [7, 11) is 0. The third-order valence-corrected chi connectivity index (χ3v) is 2.57. The highest BCUT2D eigenvalue weighted by atomic mass is 16.3. The normalized spacial score (nSPS) is 10.2. The molecule has 2 N–H and O–H groups in total. The monoisotopic (exact) mass is 228 g/mol. The fourth-order valence-electron chi connectivity index (χ4n) is 1.57. The van der Waals surface area contributed by atoms with Crippen LogP contribution in [0.15, 0.2) is 42.5 Å². The van der Waals surface area contributed by atoms with Gasteiger partial charge in [-0.05, 0) is 19.1 Å². The molecule has 0 aromatic heterocycles. The molecule has 0 saturated heterocycles. The number of ketones is 1. The van der Waals surface area contributed by atoms with E-state index in [1.54, 1.807) is 12.1 Å². The van der Waals surface area contributed by atoms with E-state index >= 15 is 0 Å². The van der Waals surface area contributed by atoms with Gasteiger partial charge in [-0.3, -0.25) is 4.79 Å². The second kappa shape index (κ2) is 4.29. The molecule has 0 unspecified atom stereocenters. The largest absolute Gasteiger partial charge is 0.504 e. The minimum atomic E-state index is -0.377. The maximum atomic E-state index is 12.1. The Kier molecular flexibility index (Phi) is 2.83. The zero-order valence-electron chi connectivity index (χ0n) is 9.34. The van der Waals surface area contributed by atoms with E-state index in [9.17, 15) is 15.0 Å². The average Bonchev–Trinajstić information content (AvgIpc) is 2.33. The van der Waals surface area contributed by atoms with Gasteiger partial charge in [0.2, 0.25) is 0 Å². The predicted octanol–water partition coefficient (Wildman–Crippen LogP) is 2.64. The lowest BCUT2D eigenvalue weighted by Crippen LogP contribution is -2.01. The predicted molar refractivity (Wildman–Crippen MR) is 64.4 cm³/mol. The number of benzene rings is 2. The molecule has 0 fully saturated rings. The van der Waals surface area contributed by atoms with Crippen LogP contribution < -0.4 is 0 Å². The summed E-state index contributed by atoms with van der Waals surface area (Å²) in [5.74, 6) is -0.973. The molecule has 2 rings (SSSR count). The Labute approximate surface area is 99.0 Å². The summed E-state index contributed by atoms with van der Waals surface area (Å²) in [6.07, 6.45) is 0. The van der Waals surface area contributed by atoms with Crippen molar-refractivity contribution in [2.45, 2.75) is 6.92 Å². The van der Waals surface area contributed by atoms with Crippen LogP contribution in [0.3, 0.4) is 0 Å². The molecule has 17 heavy (non-hydrogen) atoms. The van der Waals surface area contributed by atoms with Crippen molar-refractivity contribution in [3.05, 3.63) is 59.2 Å². The summed E-state index contributed by atoms with van der Waals surface area (Å²) in [5, 5.41) is 19.0. The van der Waals surface area contributed by atoms with E-state index in [1.165, 1.54) is 18.2 Å². The van der Waals surface area contributed by atoms with Gasteiger partial charge in [0, 0.05) is 5.56 Å². The second-order valence-electron chi connectivity index (χ2n) is 3.87. The van der Waals surface area contributed by atoms with Crippen molar-refractivity contribution in [2.24, 2.45) is 0 Å². The Hall–Kier alpha value is -2.29. The van der Waals surface area contributed by atoms with Gasteiger partial charge in [-0.2, -0.15) is 0 Å². The minimum Gasteiger partial charge on any atom is -0.504 e. The molecule has 3 heteroatoms. The SMILES string of the molecule is Cc1ccc(C(=O)c2cccc(O)c2O)cc1. The molecule has 0 atom stereocenters. The van der Waals surface area contributed by atoms with Crippen LogP contribution in [0, 0.1) is 6.92 Å². The Bertz CT molecular complexity index is 556. The molecule has 86 valence electrons. The van der Waals surface area contributed by atoms with Crippen LogP contribution in [-0.4, -0.2) is 16.0 Å². The van der Waals surface area contributed by atoms with Crippen molar-refractivity contribution in [2.75, 3.05) is 0 Å². The molecule has 3 nitrogen and oxygen atoms in total. The van der Waals surface area contributed by atoms with E-state index in [-0.39, 0.29) is 22.8 Å². The number of para-hydroxylation sites is 1. The van der Waals surface area contributed by atoms with Crippen molar-refractivity contribution in [1.82, 2.24) is 0 Å². The van der Waals surface area contributed by atoms with Gasteiger partial charge in [0.1, 0.15) is 0 Å². The Morgan fingerprint density at radius 2 is 1.65 bits per heavy atom. The first kappa shape index (κ1) is 11.2. The van der Waals surface area contributed by atoms with Crippen molar-refractivity contribution in [1.29, 1.82) is 0 Å². The quantitative estimate of drug-likeness (QED) is 0.613. The second-order valence-corrected chi connectivity index (χ2v) is 3.87. The van der Waals surface area contributed by atoms with E-state index in [2.05, 4.69) is 0 Å². The molecule has 2 aromatic rings. The van der Waals surface area contributed by atoms with Gasteiger partial charge in [0.15, 0.2) is 17.3 Å². The molecular weight excluding hydrogens is 216 g/mol. The molecule has 2 aromatic carbocycles. The van der Waals surface area contributed by atoms with E-state index in [4.69, 9.17) is 0 Å². The van der Waals surface area contributed by atoms with Gasteiger partial charge in [0.25, 0.3) is 0 Å². The highest BCUT2D eigenvalue weighted by Gasteiger charge is 2.15. The topological polar surface area (TPSA) is 57.5 Å². The number of carbonyl (C=O) groups is 1. The number of rotatable bonds is 2. The fourth-order valence-corrected chi connectivity index (χ4v) is 1.57. The molecule has 0 bridgehead atoms. The number of phenolic OH excluding ortho intramolecular Hbond substituents is 2.